The van der Waals surface area contributed by atoms with Crippen LogP contribution in [0.15, 0.2) is 23.1 Å². The van der Waals surface area contributed by atoms with Gasteiger partial charge >= 0.3 is 0 Å². The molecule has 15 heavy (non-hydrogen) atoms. The van der Waals surface area contributed by atoms with Gasteiger partial charge in [-0.3, -0.25) is 0 Å². The quantitative estimate of drug-likeness (QED) is 0.763. The van der Waals surface area contributed by atoms with Gasteiger partial charge in [-0.2, -0.15) is 0 Å². The predicted molar refractivity (Wildman–Crippen MR) is 65.6 cm³/mol. The van der Waals surface area contributed by atoms with E-state index in [1.165, 1.54) is 21.9 Å². The summed E-state index contributed by atoms with van der Waals surface area (Å²) in [6.45, 7) is 1.09. The average molecular weight is 220 g/mol. The summed E-state index contributed by atoms with van der Waals surface area (Å²) in [6, 6.07) is 7.28. The lowest BCUT2D eigenvalue weighted by molar-refractivity contribution is 0.351. The van der Waals surface area contributed by atoms with E-state index < -0.39 is 0 Å². The number of hydrogen-bond donors (Lipinski definition) is 2. The van der Waals surface area contributed by atoms with Crippen LogP contribution in [0.4, 0.5) is 5.69 Å². The molecule has 3 rings (SSSR count). The first kappa shape index (κ1) is 9.55. The average Bonchev–Trinajstić information content (AvgIpc) is 2.24. The molecule has 0 spiro atoms. The highest BCUT2D eigenvalue weighted by atomic mass is 32.2. The minimum Gasteiger partial charge on any atom is -0.383 e. The second-order valence-electron chi connectivity index (χ2n) is 4.46. The molecule has 0 bridgehead atoms. The molecule has 0 amide bonds. The van der Waals surface area contributed by atoms with Crippen molar-refractivity contribution in [3.05, 3.63) is 23.8 Å². The van der Waals surface area contributed by atoms with Gasteiger partial charge in [-0.25, -0.2) is 0 Å². The third kappa shape index (κ3) is 1.74. The smallest absolute Gasteiger partial charge is 0.0481 e. The summed E-state index contributed by atoms with van der Waals surface area (Å²) in [5.74, 6) is 1.89. The van der Waals surface area contributed by atoms with E-state index in [1.807, 2.05) is 11.8 Å². The molecule has 2 nitrogen and oxygen atoms in total. The minimum atomic E-state index is 0.438. The van der Waals surface area contributed by atoms with Crippen LogP contribution in [0.2, 0.25) is 0 Å². The molecule has 1 aliphatic carbocycles. The summed E-state index contributed by atoms with van der Waals surface area (Å²) in [4.78, 5) is 1.40. The number of hydrogen-bond acceptors (Lipinski definition) is 3. The Morgan fingerprint density at radius 3 is 3.00 bits per heavy atom. The van der Waals surface area contributed by atoms with Crippen molar-refractivity contribution < 1.29 is 0 Å². The minimum absolute atomic E-state index is 0.438. The van der Waals surface area contributed by atoms with Crippen molar-refractivity contribution in [1.82, 2.24) is 0 Å². The molecule has 1 fully saturated rings. The SMILES string of the molecule is NC1CC(c2ccc3c(c2)NCCS3)C1. The molecule has 1 aromatic rings. The molecule has 1 saturated carbocycles. The first-order valence-corrected chi connectivity index (χ1v) is 6.57. The number of rotatable bonds is 1. The molecule has 0 unspecified atom stereocenters. The van der Waals surface area contributed by atoms with Crippen molar-refractivity contribution in [3.63, 3.8) is 0 Å². The number of thioether (sulfide) groups is 1. The zero-order valence-electron chi connectivity index (χ0n) is 8.70. The van der Waals surface area contributed by atoms with E-state index in [2.05, 4.69) is 23.5 Å². The molecule has 80 valence electrons. The summed E-state index contributed by atoms with van der Waals surface area (Å²) >= 11 is 1.95. The topological polar surface area (TPSA) is 38.0 Å². The molecule has 2 aliphatic rings. The predicted octanol–water partition coefficient (Wildman–Crippen LogP) is 2.41. The lowest BCUT2D eigenvalue weighted by Gasteiger charge is -2.33. The van der Waals surface area contributed by atoms with Crippen LogP contribution in [-0.2, 0) is 0 Å². The Labute approximate surface area is 94.6 Å². The Kier molecular flexibility index (Phi) is 2.37. The molecule has 1 aromatic carbocycles. The van der Waals surface area contributed by atoms with Gasteiger partial charge in [0.15, 0.2) is 0 Å². The summed E-state index contributed by atoms with van der Waals surface area (Å²) in [6.07, 6.45) is 2.32. The maximum absolute atomic E-state index is 5.82. The molecule has 0 atom stereocenters. The van der Waals surface area contributed by atoms with E-state index in [0.717, 1.165) is 19.4 Å². The molecule has 3 heteroatoms. The molecule has 0 saturated heterocycles. The van der Waals surface area contributed by atoms with Crippen LogP contribution < -0.4 is 11.1 Å². The van der Waals surface area contributed by atoms with Crippen molar-refractivity contribution in [2.75, 3.05) is 17.6 Å². The number of nitrogens with one attached hydrogen (secondary N) is 1. The van der Waals surface area contributed by atoms with E-state index in [4.69, 9.17) is 5.73 Å². The third-order valence-electron chi connectivity index (χ3n) is 3.32. The van der Waals surface area contributed by atoms with E-state index in [0.29, 0.717) is 12.0 Å². The van der Waals surface area contributed by atoms with Crippen molar-refractivity contribution in [1.29, 1.82) is 0 Å². The molecule has 0 radical (unpaired) electrons. The van der Waals surface area contributed by atoms with Crippen molar-refractivity contribution in [2.45, 2.75) is 29.7 Å². The number of anilines is 1. The highest BCUT2D eigenvalue weighted by molar-refractivity contribution is 7.99. The highest BCUT2D eigenvalue weighted by Gasteiger charge is 2.27. The summed E-state index contributed by atoms with van der Waals surface area (Å²) < 4.78 is 0. The number of nitrogens with two attached hydrogens (primary N) is 1. The lowest BCUT2D eigenvalue weighted by atomic mass is 9.76. The molecule has 1 aliphatic heterocycles. The van der Waals surface area contributed by atoms with Gasteiger partial charge in [-0.05, 0) is 36.5 Å². The lowest BCUT2D eigenvalue weighted by Crippen LogP contribution is -2.34. The largest absolute Gasteiger partial charge is 0.383 e. The van der Waals surface area contributed by atoms with Crippen LogP contribution in [0.5, 0.6) is 0 Å². The third-order valence-corrected chi connectivity index (χ3v) is 4.40. The Hall–Kier alpha value is -0.670. The highest BCUT2D eigenvalue weighted by Crippen LogP contribution is 2.39. The monoisotopic (exact) mass is 220 g/mol. The maximum atomic E-state index is 5.82. The molecular weight excluding hydrogens is 204 g/mol. The van der Waals surface area contributed by atoms with Crippen LogP contribution >= 0.6 is 11.8 Å². The fraction of sp³-hybridized carbons (Fsp3) is 0.500. The van der Waals surface area contributed by atoms with Crippen molar-refractivity contribution in [2.24, 2.45) is 5.73 Å². The summed E-state index contributed by atoms with van der Waals surface area (Å²) in [5, 5.41) is 3.47. The maximum Gasteiger partial charge on any atom is 0.0481 e. The van der Waals surface area contributed by atoms with Gasteiger partial charge in [0.2, 0.25) is 0 Å². The van der Waals surface area contributed by atoms with Crippen LogP contribution in [0.3, 0.4) is 0 Å². The van der Waals surface area contributed by atoms with Crippen molar-refractivity contribution >= 4 is 17.4 Å². The number of fused-ring (bicyclic) bond motifs is 1. The first-order valence-electron chi connectivity index (χ1n) is 5.59. The van der Waals surface area contributed by atoms with E-state index >= 15 is 0 Å². The fourth-order valence-corrected chi connectivity index (χ4v) is 3.22. The zero-order chi connectivity index (χ0) is 10.3. The van der Waals surface area contributed by atoms with E-state index in [1.54, 1.807) is 0 Å². The summed E-state index contributed by atoms with van der Waals surface area (Å²) in [5.41, 5.74) is 8.61. The van der Waals surface area contributed by atoms with Crippen LogP contribution in [0.1, 0.15) is 24.3 Å². The Balaban J connectivity index is 1.85. The van der Waals surface area contributed by atoms with Crippen LogP contribution in [-0.4, -0.2) is 18.3 Å². The Bertz CT molecular complexity index is 372. The van der Waals surface area contributed by atoms with Gasteiger partial charge < -0.3 is 11.1 Å². The van der Waals surface area contributed by atoms with Gasteiger partial charge in [0.1, 0.15) is 0 Å². The molecule has 3 N–H and O–H groups in total. The Morgan fingerprint density at radius 2 is 2.20 bits per heavy atom. The number of benzene rings is 1. The molecular formula is C12H16N2S. The molecule has 0 aromatic heterocycles. The second kappa shape index (κ2) is 3.72. The van der Waals surface area contributed by atoms with Gasteiger partial charge in [0, 0.05) is 28.9 Å². The zero-order valence-corrected chi connectivity index (χ0v) is 9.52. The standard InChI is InChI=1S/C12H16N2S/c13-10-5-9(6-10)8-1-2-12-11(7-8)14-3-4-15-12/h1-2,7,9-10,14H,3-6,13H2. The molecule has 1 heterocycles. The van der Waals surface area contributed by atoms with Crippen molar-refractivity contribution in [3.8, 4) is 0 Å². The second-order valence-corrected chi connectivity index (χ2v) is 5.60. The normalized spacial score (nSPS) is 28.9. The first-order chi connectivity index (χ1) is 7.33. The van der Waals surface area contributed by atoms with Crippen LogP contribution in [0.25, 0.3) is 0 Å². The Morgan fingerprint density at radius 1 is 1.33 bits per heavy atom. The van der Waals surface area contributed by atoms with Gasteiger partial charge in [-0.15, -0.1) is 11.8 Å². The van der Waals surface area contributed by atoms with Gasteiger partial charge in [0.05, 0.1) is 0 Å². The fourth-order valence-electron chi connectivity index (χ4n) is 2.35. The van der Waals surface area contributed by atoms with Gasteiger partial charge in [-0.1, -0.05) is 6.07 Å². The summed E-state index contributed by atoms with van der Waals surface area (Å²) in [7, 11) is 0. The van der Waals surface area contributed by atoms with Gasteiger partial charge in [0.25, 0.3) is 0 Å². The van der Waals surface area contributed by atoms with E-state index in [-0.39, 0.29) is 0 Å². The van der Waals surface area contributed by atoms with Crippen LogP contribution in [0, 0.1) is 0 Å². The van der Waals surface area contributed by atoms with E-state index in [9.17, 15) is 0 Å².